The van der Waals surface area contributed by atoms with Gasteiger partial charge >= 0.3 is 18.2 Å². The van der Waals surface area contributed by atoms with Gasteiger partial charge < -0.3 is 24.8 Å². The number of nitrogen functional groups attached to an aromatic ring is 1. The van der Waals surface area contributed by atoms with E-state index in [9.17, 15) is 31.2 Å². The van der Waals surface area contributed by atoms with Crippen molar-refractivity contribution < 1.29 is 45.4 Å². The lowest BCUT2D eigenvalue weighted by Gasteiger charge is -2.39. The largest absolute Gasteiger partial charge is 0.464 e. The van der Waals surface area contributed by atoms with E-state index in [1.165, 1.54) is 47.4 Å². The zero-order valence-corrected chi connectivity index (χ0v) is 30.9. The smallest absolute Gasteiger partial charge is 0.429 e. The third kappa shape index (κ3) is 9.00. The third-order valence-corrected chi connectivity index (χ3v) is 10.3. The summed E-state index contributed by atoms with van der Waals surface area (Å²) in [6.07, 6.45) is -5.75. The standard InChI is InChI=1S/C35H41ClF3N5O7S/c1-6-49-30(45)26-19-34(20-44(26)32(46)51-33(2,3)4)12-14-43(15-13-34)27-18-28(42-31(40)41-27)50-29(35(37,38)39)25-17-22(36)10-11-24(25)21-8-7-9-23(16-21)52(5,47)48/h7-11,16-18,26,29H,6,12-15,19-20H2,1-5H3,(H2,40,41,42)/t26-,29+/m0/s1. The van der Waals surface area contributed by atoms with E-state index in [1.54, 1.807) is 27.7 Å². The van der Waals surface area contributed by atoms with Crippen molar-refractivity contribution in [3.8, 4) is 17.0 Å². The lowest BCUT2D eigenvalue weighted by atomic mass is 9.76. The molecule has 0 unspecified atom stereocenters. The summed E-state index contributed by atoms with van der Waals surface area (Å²) in [5.41, 5.74) is 4.67. The Labute approximate surface area is 305 Å². The zero-order valence-electron chi connectivity index (χ0n) is 29.4. The number of likely N-dealkylation sites (tertiary alicyclic amines) is 1. The number of sulfone groups is 1. The van der Waals surface area contributed by atoms with E-state index in [0.717, 1.165) is 12.3 Å². The van der Waals surface area contributed by atoms with Gasteiger partial charge in [-0.3, -0.25) is 4.90 Å². The van der Waals surface area contributed by atoms with Crippen LogP contribution in [-0.4, -0.2) is 85.7 Å². The van der Waals surface area contributed by atoms with E-state index in [1.807, 2.05) is 4.90 Å². The van der Waals surface area contributed by atoms with E-state index >= 15 is 0 Å². The van der Waals surface area contributed by atoms with Gasteiger partial charge in [-0.15, -0.1) is 0 Å². The Hall–Kier alpha value is -4.31. The number of carbonyl (C=O) groups is 2. The number of hydrogen-bond acceptors (Lipinski definition) is 11. The fourth-order valence-electron chi connectivity index (χ4n) is 6.58. The number of nitrogens with two attached hydrogens (primary N) is 1. The first-order valence-electron chi connectivity index (χ1n) is 16.6. The number of rotatable bonds is 8. The Morgan fingerprint density at radius 3 is 2.38 bits per heavy atom. The molecule has 3 heterocycles. The van der Waals surface area contributed by atoms with Crippen LogP contribution in [0.3, 0.4) is 0 Å². The highest BCUT2D eigenvalue weighted by Gasteiger charge is 2.51. The first-order chi connectivity index (χ1) is 24.2. The molecule has 52 heavy (non-hydrogen) atoms. The summed E-state index contributed by atoms with van der Waals surface area (Å²) < 4.78 is 85.3. The van der Waals surface area contributed by atoms with Crippen LogP contribution in [0.4, 0.5) is 29.7 Å². The van der Waals surface area contributed by atoms with Crippen molar-refractivity contribution in [1.29, 1.82) is 0 Å². The van der Waals surface area contributed by atoms with Crippen molar-refractivity contribution in [2.75, 3.05) is 43.1 Å². The van der Waals surface area contributed by atoms with Gasteiger partial charge in [-0.05, 0) is 87.8 Å². The van der Waals surface area contributed by atoms with Crippen LogP contribution < -0.4 is 15.4 Å². The number of hydrogen-bond donors (Lipinski definition) is 1. The quantitative estimate of drug-likeness (QED) is 0.246. The van der Waals surface area contributed by atoms with Gasteiger partial charge in [0, 0.05) is 42.5 Å². The summed E-state index contributed by atoms with van der Waals surface area (Å²) in [6.45, 7) is 8.09. The van der Waals surface area contributed by atoms with Gasteiger partial charge in [0.05, 0.1) is 11.5 Å². The molecule has 3 aromatic rings. The average molecular weight is 768 g/mol. The summed E-state index contributed by atoms with van der Waals surface area (Å²) in [5, 5.41) is 0.00310. The predicted octanol–water partition coefficient (Wildman–Crippen LogP) is 6.62. The number of esters is 1. The molecule has 282 valence electrons. The second-order valence-corrected chi connectivity index (χ2v) is 16.5. The number of nitrogens with zero attached hydrogens (tertiary/aromatic N) is 4. The summed E-state index contributed by atoms with van der Waals surface area (Å²) in [6, 6.07) is 9.89. The molecule has 17 heteroatoms. The van der Waals surface area contributed by atoms with Crippen molar-refractivity contribution in [3.63, 3.8) is 0 Å². The number of alkyl halides is 3. The van der Waals surface area contributed by atoms with Crippen LogP contribution in [0.2, 0.25) is 5.02 Å². The fraction of sp³-hybridized carbons (Fsp3) is 0.486. The Morgan fingerprint density at radius 1 is 1.08 bits per heavy atom. The average Bonchev–Trinajstić information content (AvgIpc) is 3.41. The topological polar surface area (TPSA) is 154 Å². The lowest BCUT2D eigenvalue weighted by Crippen LogP contribution is -2.45. The summed E-state index contributed by atoms with van der Waals surface area (Å²) in [7, 11) is -3.66. The molecular weight excluding hydrogens is 727 g/mol. The number of carbonyl (C=O) groups excluding carboxylic acids is 2. The summed E-state index contributed by atoms with van der Waals surface area (Å²) in [4.78, 5) is 37.4. The number of halogens is 4. The number of aromatic nitrogens is 2. The molecule has 2 saturated heterocycles. The minimum Gasteiger partial charge on any atom is -0.464 e. The molecule has 0 aliphatic carbocycles. The molecule has 2 fully saturated rings. The van der Waals surface area contributed by atoms with Crippen LogP contribution in [0.15, 0.2) is 53.4 Å². The van der Waals surface area contributed by atoms with Crippen molar-refractivity contribution in [3.05, 3.63) is 59.1 Å². The van der Waals surface area contributed by atoms with Crippen LogP contribution in [-0.2, 0) is 24.1 Å². The van der Waals surface area contributed by atoms with E-state index in [4.69, 9.17) is 31.5 Å². The molecule has 1 amide bonds. The number of anilines is 2. The van der Waals surface area contributed by atoms with Crippen LogP contribution in [0.25, 0.3) is 11.1 Å². The van der Waals surface area contributed by atoms with Gasteiger partial charge in [0.1, 0.15) is 17.5 Å². The lowest BCUT2D eigenvalue weighted by molar-refractivity contribution is -0.198. The highest BCUT2D eigenvalue weighted by molar-refractivity contribution is 7.90. The number of piperidine rings is 1. The van der Waals surface area contributed by atoms with E-state index in [-0.39, 0.29) is 51.5 Å². The molecule has 12 nitrogen and oxygen atoms in total. The van der Waals surface area contributed by atoms with Gasteiger partial charge in [-0.1, -0.05) is 29.8 Å². The first kappa shape index (κ1) is 38.9. The molecule has 1 aromatic heterocycles. The monoisotopic (exact) mass is 767 g/mol. The molecule has 2 aliphatic rings. The molecule has 1 spiro atoms. The molecule has 0 radical (unpaired) electrons. The minimum absolute atomic E-state index is 0.00310. The van der Waals surface area contributed by atoms with Crippen LogP contribution >= 0.6 is 11.6 Å². The van der Waals surface area contributed by atoms with Crippen molar-refractivity contribution in [2.24, 2.45) is 5.41 Å². The van der Waals surface area contributed by atoms with E-state index in [0.29, 0.717) is 32.4 Å². The molecule has 2 N–H and O–H groups in total. The van der Waals surface area contributed by atoms with Gasteiger partial charge in [0.25, 0.3) is 0 Å². The maximum atomic E-state index is 14.8. The van der Waals surface area contributed by atoms with Crippen LogP contribution in [0.1, 0.15) is 58.6 Å². The van der Waals surface area contributed by atoms with Crippen molar-refractivity contribution in [2.45, 2.75) is 75.8 Å². The van der Waals surface area contributed by atoms with Crippen LogP contribution in [0.5, 0.6) is 5.88 Å². The fourth-order valence-corrected chi connectivity index (χ4v) is 7.43. The van der Waals surface area contributed by atoms with Gasteiger partial charge in [0.2, 0.25) is 17.9 Å². The SMILES string of the molecule is CCOC(=O)[C@@H]1CC2(CCN(c3cc(O[C@H](c4cc(Cl)ccc4-c4cccc(S(C)(=O)=O)c4)C(F)(F)F)nc(N)n3)CC2)CN1C(=O)OC(C)(C)C. The molecule has 2 atom stereocenters. The third-order valence-electron chi connectivity index (χ3n) is 8.95. The maximum absolute atomic E-state index is 14.8. The van der Waals surface area contributed by atoms with E-state index < -0.39 is 57.1 Å². The number of benzene rings is 2. The molecule has 0 saturated carbocycles. The van der Waals surface area contributed by atoms with Crippen LogP contribution in [0, 0.1) is 5.41 Å². The normalized spacial score (nSPS) is 18.3. The Morgan fingerprint density at radius 2 is 1.77 bits per heavy atom. The molecule has 0 bridgehead atoms. The second kappa shape index (κ2) is 14.6. The Kier molecular flexibility index (Phi) is 10.9. The molecule has 2 aromatic carbocycles. The Bertz CT molecular complexity index is 1930. The predicted molar refractivity (Wildman–Crippen MR) is 188 cm³/mol. The zero-order chi connectivity index (χ0) is 38.2. The number of ether oxygens (including phenoxy) is 3. The minimum atomic E-state index is -4.97. The van der Waals surface area contributed by atoms with Gasteiger partial charge in [-0.25, -0.2) is 18.0 Å². The Balaban J connectivity index is 1.40. The molecule has 5 rings (SSSR count). The molecular formula is C35H41ClF3N5O7S. The van der Waals surface area contributed by atoms with E-state index in [2.05, 4.69) is 9.97 Å². The van der Waals surface area contributed by atoms with Crippen molar-refractivity contribution >= 4 is 45.3 Å². The summed E-state index contributed by atoms with van der Waals surface area (Å²) >= 11 is 6.18. The number of amides is 1. The maximum Gasteiger partial charge on any atom is 0.429 e. The first-order valence-corrected chi connectivity index (χ1v) is 18.8. The summed E-state index contributed by atoms with van der Waals surface area (Å²) in [5.74, 6) is -1.04. The van der Waals surface area contributed by atoms with Gasteiger partial charge in [0.15, 0.2) is 9.84 Å². The van der Waals surface area contributed by atoms with Gasteiger partial charge in [-0.2, -0.15) is 23.1 Å². The highest BCUT2D eigenvalue weighted by atomic mass is 35.5. The second-order valence-electron chi connectivity index (χ2n) is 14.1. The molecule has 2 aliphatic heterocycles. The van der Waals surface area contributed by atoms with Crippen molar-refractivity contribution in [1.82, 2.24) is 14.9 Å². The highest BCUT2D eigenvalue weighted by Crippen LogP contribution is 2.46.